The molecule has 0 saturated heterocycles. The molecule has 44 heavy (non-hydrogen) atoms. The molecule has 0 unspecified atom stereocenters. The van der Waals surface area contributed by atoms with Crippen molar-refractivity contribution in [3.05, 3.63) is 96.3 Å². The number of amides is 2. The number of hydrogen-bond acceptors (Lipinski definition) is 9. The summed E-state index contributed by atoms with van der Waals surface area (Å²) >= 11 is 0. The lowest BCUT2D eigenvalue weighted by molar-refractivity contribution is -0.140. The Balaban J connectivity index is 1.62. The Kier molecular flexibility index (Phi) is 9.19. The van der Waals surface area contributed by atoms with E-state index in [1.807, 2.05) is 30.3 Å². The number of para-hydroxylation sites is 1. The fourth-order valence-electron chi connectivity index (χ4n) is 4.88. The van der Waals surface area contributed by atoms with Crippen LogP contribution in [0, 0.1) is 0 Å². The minimum atomic E-state index is -1.15. The number of nitrogens with zero attached hydrogens (tertiary/aromatic N) is 5. The number of carbonyl (C=O) groups is 2. The molecule has 12 heteroatoms. The molecule has 1 atom stereocenters. The maximum atomic E-state index is 14.3. The van der Waals surface area contributed by atoms with E-state index in [9.17, 15) is 9.59 Å². The molecule has 5 aromatic rings. The van der Waals surface area contributed by atoms with Crippen molar-refractivity contribution in [1.29, 1.82) is 0 Å². The second-order valence-corrected chi connectivity index (χ2v) is 9.70. The van der Waals surface area contributed by atoms with E-state index in [1.165, 1.54) is 30.9 Å². The van der Waals surface area contributed by atoms with Crippen molar-refractivity contribution < 1.29 is 28.5 Å². The number of methoxy groups -OCH3 is 4. The van der Waals surface area contributed by atoms with E-state index in [1.54, 1.807) is 62.0 Å². The van der Waals surface area contributed by atoms with Crippen LogP contribution in [-0.4, -0.2) is 65.1 Å². The van der Waals surface area contributed by atoms with Crippen LogP contribution < -0.4 is 24.3 Å². The molecule has 2 aromatic heterocycles. The van der Waals surface area contributed by atoms with Crippen molar-refractivity contribution in [2.45, 2.75) is 19.1 Å². The van der Waals surface area contributed by atoms with Crippen molar-refractivity contribution in [3.8, 4) is 23.0 Å². The minimum Gasteiger partial charge on any atom is -0.497 e. The van der Waals surface area contributed by atoms with Crippen LogP contribution in [0.5, 0.6) is 23.0 Å². The zero-order valence-electron chi connectivity index (χ0n) is 24.8. The van der Waals surface area contributed by atoms with Gasteiger partial charge in [0, 0.05) is 24.6 Å². The van der Waals surface area contributed by atoms with Gasteiger partial charge in [0.1, 0.15) is 23.9 Å². The summed E-state index contributed by atoms with van der Waals surface area (Å²) in [6, 6.07) is 20.0. The van der Waals surface area contributed by atoms with Crippen LogP contribution in [0.1, 0.15) is 17.2 Å². The highest BCUT2D eigenvalue weighted by atomic mass is 16.5. The van der Waals surface area contributed by atoms with Crippen LogP contribution in [-0.2, 0) is 22.7 Å². The van der Waals surface area contributed by atoms with Gasteiger partial charge in [-0.3, -0.25) is 14.6 Å². The van der Waals surface area contributed by atoms with E-state index in [2.05, 4.69) is 20.6 Å². The molecule has 5 rings (SSSR count). The van der Waals surface area contributed by atoms with E-state index in [-0.39, 0.29) is 19.0 Å². The molecule has 3 aromatic carbocycles. The Morgan fingerprint density at radius 3 is 2.25 bits per heavy atom. The molecule has 0 aliphatic carbocycles. The van der Waals surface area contributed by atoms with Crippen LogP contribution in [0.4, 0.5) is 5.69 Å². The first kappa shape index (κ1) is 29.8. The van der Waals surface area contributed by atoms with Crippen LogP contribution in [0.15, 0.2) is 85.2 Å². The third-order valence-electron chi connectivity index (χ3n) is 7.02. The lowest BCUT2D eigenvalue weighted by Gasteiger charge is -2.32. The first-order valence-corrected chi connectivity index (χ1v) is 13.7. The number of fused-ring (bicyclic) bond motifs is 1. The lowest BCUT2D eigenvalue weighted by atomic mass is 10.0. The van der Waals surface area contributed by atoms with E-state index in [0.29, 0.717) is 45.3 Å². The molecule has 0 spiro atoms. The predicted molar refractivity (Wildman–Crippen MR) is 163 cm³/mol. The number of aromatic nitrogens is 4. The van der Waals surface area contributed by atoms with Crippen LogP contribution in [0.25, 0.3) is 11.0 Å². The lowest BCUT2D eigenvalue weighted by Crippen LogP contribution is -2.42. The minimum absolute atomic E-state index is 0.0661. The third-order valence-corrected chi connectivity index (χ3v) is 7.02. The molecular weight excluding hydrogens is 564 g/mol. The SMILES string of the molecule is COc1ccc(NC(=O)[C@H](c2cc(OC)c(OC)c(OC)c2)N(Cc2cccnc2)C(=O)Cn2nnc3ccccc32)cc1. The highest BCUT2D eigenvalue weighted by Gasteiger charge is 2.34. The van der Waals surface area contributed by atoms with Crippen molar-refractivity contribution in [2.24, 2.45) is 0 Å². The fraction of sp³-hybridized carbons (Fsp3) is 0.219. The zero-order chi connectivity index (χ0) is 31.1. The largest absolute Gasteiger partial charge is 0.497 e. The molecular formula is C32H32N6O6. The number of hydrogen-bond donors (Lipinski definition) is 1. The molecule has 0 aliphatic heterocycles. The Morgan fingerprint density at radius 1 is 0.886 bits per heavy atom. The van der Waals surface area contributed by atoms with Gasteiger partial charge in [-0.25, -0.2) is 4.68 Å². The zero-order valence-corrected chi connectivity index (χ0v) is 24.8. The maximum Gasteiger partial charge on any atom is 0.251 e. The van der Waals surface area contributed by atoms with Crippen LogP contribution in [0.3, 0.4) is 0 Å². The molecule has 0 aliphatic rings. The Hall–Kier alpha value is -5.65. The van der Waals surface area contributed by atoms with Gasteiger partial charge < -0.3 is 29.2 Å². The van der Waals surface area contributed by atoms with Crippen molar-refractivity contribution in [3.63, 3.8) is 0 Å². The summed E-state index contributed by atoms with van der Waals surface area (Å²) in [6.45, 7) is -0.103. The number of pyridine rings is 1. The van der Waals surface area contributed by atoms with Gasteiger partial charge in [-0.1, -0.05) is 23.4 Å². The molecule has 226 valence electrons. The summed E-state index contributed by atoms with van der Waals surface area (Å²) in [6.07, 6.45) is 3.29. The average Bonchev–Trinajstić information content (AvgIpc) is 3.47. The van der Waals surface area contributed by atoms with E-state index in [4.69, 9.17) is 18.9 Å². The van der Waals surface area contributed by atoms with Gasteiger partial charge in [0.05, 0.1) is 34.0 Å². The Bertz CT molecular complexity index is 1720. The molecule has 0 bridgehead atoms. The normalized spacial score (nSPS) is 11.5. The quantitative estimate of drug-likeness (QED) is 0.224. The number of benzene rings is 3. The summed E-state index contributed by atoms with van der Waals surface area (Å²) < 4.78 is 23.5. The van der Waals surface area contributed by atoms with Gasteiger partial charge in [-0.2, -0.15) is 0 Å². The van der Waals surface area contributed by atoms with Gasteiger partial charge in [-0.05, 0) is 65.7 Å². The van der Waals surface area contributed by atoms with E-state index < -0.39 is 11.9 Å². The predicted octanol–water partition coefficient (Wildman–Crippen LogP) is 4.27. The highest BCUT2D eigenvalue weighted by Crippen LogP contribution is 2.41. The molecule has 12 nitrogen and oxygen atoms in total. The molecule has 0 radical (unpaired) electrons. The van der Waals surface area contributed by atoms with E-state index >= 15 is 0 Å². The Labute approximate surface area is 254 Å². The van der Waals surface area contributed by atoms with Gasteiger partial charge in [-0.15, -0.1) is 5.10 Å². The number of nitrogens with one attached hydrogen (secondary N) is 1. The Morgan fingerprint density at radius 2 is 1.61 bits per heavy atom. The van der Waals surface area contributed by atoms with E-state index in [0.717, 1.165) is 5.56 Å². The van der Waals surface area contributed by atoms with Gasteiger partial charge in [0.25, 0.3) is 5.91 Å². The first-order valence-electron chi connectivity index (χ1n) is 13.7. The standard InChI is InChI=1S/C32H32N6O6/c1-41-24-13-11-23(12-14-24)34-32(40)30(22-16-27(42-2)31(44-4)28(17-22)43-3)37(19-21-8-7-15-33-18-21)29(39)20-38-26-10-6-5-9-25(26)35-36-38/h5-18,30H,19-20H2,1-4H3,(H,34,40)/t30-/m0/s1. The van der Waals surface area contributed by atoms with Gasteiger partial charge in [0.15, 0.2) is 11.5 Å². The maximum absolute atomic E-state index is 14.3. The molecule has 2 amide bonds. The van der Waals surface area contributed by atoms with Crippen molar-refractivity contribution >= 4 is 28.5 Å². The summed E-state index contributed by atoms with van der Waals surface area (Å²) in [5.41, 5.74) is 3.02. The van der Waals surface area contributed by atoms with Crippen LogP contribution in [0.2, 0.25) is 0 Å². The summed E-state index contributed by atoms with van der Waals surface area (Å²) in [5.74, 6) is 0.809. The molecule has 0 saturated carbocycles. The molecule has 2 heterocycles. The van der Waals surface area contributed by atoms with Gasteiger partial charge >= 0.3 is 0 Å². The molecule has 0 fully saturated rings. The van der Waals surface area contributed by atoms with Crippen molar-refractivity contribution in [2.75, 3.05) is 33.8 Å². The number of ether oxygens (including phenoxy) is 4. The highest BCUT2D eigenvalue weighted by molar-refractivity contribution is 5.98. The number of carbonyl (C=O) groups excluding carboxylic acids is 2. The second-order valence-electron chi connectivity index (χ2n) is 9.70. The molecule has 1 N–H and O–H groups in total. The topological polar surface area (TPSA) is 130 Å². The first-order chi connectivity index (χ1) is 21.4. The monoisotopic (exact) mass is 596 g/mol. The summed E-state index contributed by atoms with van der Waals surface area (Å²) in [5, 5.41) is 11.3. The van der Waals surface area contributed by atoms with Crippen molar-refractivity contribution in [1.82, 2.24) is 24.9 Å². The second kappa shape index (κ2) is 13.6. The summed E-state index contributed by atoms with van der Waals surface area (Å²) in [7, 11) is 6.03. The fourth-order valence-corrected chi connectivity index (χ4v) is 4.88. The number of rotatable bonds is 12. The average molecular weight is 597 g/mol. The third kappa shape index (κ3) is 6.38. The smallest absolute Gasteiger partial charge is 0.251 e. The van der Waals surface area contributed by atoms with Gasteiger partial charge in [0.2, 0.25) is 11.7 Å². The summed E-state index contributed by atoms with van der Waals surface area (Å²) in [4.78, 5) is 34.2. The number of anilines is 1. The van der Waals surface area contributed by atoms with Crippen LogP contribution >= 0.6 is 0 Å².